The van der Waals surface area contributed by atoms with E-state index in [1.54, 1.807) is 0 Å². The summed E-state index contributed by atoms with van der Waals surface area (Å²) in [6, 6.07) is 6.27. The van der Waals surface area contributed by atoms with Crippen molar-refractivity contribution in [2.45, 2.75) is 53.2 Å². The van der Waals surface area contributed by atoms with Crippen LogP contribution in [0.2, 0.25) is 0 Å². The van der Waals surface area contributed by atoms with Gasteiger partial charge in [0.25, 0.3) is 0 Å². The van der Waals surface area contributed by atoms with E-state index in [1.807, 2.05) is 0 Å². The Hall–Kier alpha value is -1.19. The number of aromatic nitrogens is 1. The predicted octanol–water partition coefficient (Wildman–Crippen LogP) is 3.37. The molecule has 112 valence electrons. The van der Waals surface area contributed by atoms with Crippen LogP contribution in [0.3, 0.4) is 0 Å². The van der Waals surface area contributed by atoms with E-state index in [2.05, 4.69) is 69.6 Å². The molecule has 0 saturated heterocycles. The summed E-state index contributed by atoms with van der Waals surface area (Å²) in [7, 11) is 0. The molecule has 3 nitrogen and oxygen atoms in total. The van der Waals surface area contributed by atoms with E-state index in [0.29, 0.717) is 0 Å². The second-order valence-electron chi connectivity index (χ2n) is 6.48. The molecule has 1 aromatic heterocycles. The van der Waals surface area contributed by atoms with Crippen LogP contribution in [0.5, 0.6) is 0 Å². The summed E-state index contributed by atoms with van der Waals surface area (Å²) >= 11 is 0. The molecule has 0 aliphatic carbocycles. The van der Waals surface area contributed by atoms with E-state index >= 15 is 0 Å². The fourth-order valence-electron chi connectivity index (χ4n) is 1.96. The lowest BCUT2D eigenvalue weighted by atomic mass is 10.1. The normalized spacial score (nSPS) is 11.9. The highest BCUT2D eigenvalue weighted by Gasteiger charge is 2.10. The smallest absolute Gasteiger partial charge is 0.0547 e. The van der Waals surface area contributed by atoms with Crippen molar-refractivity contribution in [3.05, 3.63) is 41.7 Å². The van der Waals surface area contributed by atoms with Crippen LogP contribution in [0.1, 0.15) is 46.0 Å². The third-order valence-corrected chi connectivity index (χ3v) is 2.99. The fourth-order valence-corrected chi connectivity index (χ4v) is 1.96. The molecule has 1 heterocycles. The number of hydrogen-bond donors (Lipinski definition) is 1. The third kappa shape index (κ3) is 6.83. The molecule has 0 saturated carbocycles. The topological polar surface area (TPSA) is 28.2 Å². The van der Waals surface area contributed by atoms with Gasteiger partial charge in [-0.2, -0.15) is 0 Å². The van der Waals surface area contributed by atoms with Gasteiger partial charge in [-0.3, -0.25) is 9.88 Å². The van der Waals surface area contributed by atoms with E-state index in [-0.39, 0.29) is 5.54 Å². The van der Waals surface area contributed by atoms with Gasteiger partial charge in [-0.15, -0.1) is 0 Å². The molecule has 1 rings (SSSR count). The molecule has 0 bridgehead atoms. The lowest BCUT2D eigenvalue weighted by molar-refractivity contribution is 0.300. The first-order valence-corrected chi connectivity index (χ1v) is 7.36. The van der Waals surface area contributed by atoms with Gasteiger partial charge in [0.1, 0.15) is 0 Å². The zero-order valence-electron chi connectivity index (χ0n) is 13.7. The maximum absolute atomic E-state index is 4.74. The summed E-state index contributed by atoms with van der Waals surface area (Å²) in [6.45, 7) is 18.4. The lowest BCUT2D eigenvalue weighted by Gasteiger charge is -2.22. The molecule has 0 aliphatic heterocycles. The minimum absolute atomic E-state index is 0.118. The molecule has 20 heavy (non-hydrogen) atoms. The number of likely N-dealkylation sites (N-methyl/N-ethyl adjacent to an activating group) is 1. The van der Waals surface area contributed by atoms with E-state index in [4.69, 9.17) is 4.98 Å². The van der Waals surface area contributed by atoms with Crippen LogP contribution in [-0.2, 0) is 13.1 Å². The summed E-state index contributed by atoms with van der Waals surface area (Å²) in [5.41, 5.74) is 3.54. The van der Waals surface area contributed by atoms with Crippen LogP contribution in [0.4, 0.5) is 0 Å². The molecule has 1 aromatic rings. The first-order chi connectivity index (χ1) is 9.30. The average molecular weight is 275 g/mol. The second-order valence-corrected chi connectivity index (χ2v) is 6.48. The van der Waals surface area contributed by atoms with Gasteiger partial charge < -0.3 is 5.32 Å². The number of rotatable bonds is 7. The first kappa shape index (κ1) is 16.9. The van der Waals surface area contributed by atoms with Crippen LogP contribution in [0.15, 0.2) is 30.4 Å². The van der Waals surface area contributed by atoms with Gasteiger partial charge in [0.2, 0.25) is 0 Å². The number of hydrogen-bond acceptors (Lipinski definition) is 3. The predicted molar refractivity (Wildman–Crippen MR) is 86.6 cm³/mol. The zero-order valence-corrected chi connectivity index (χ0v) is 13.7. The molecule has 0 fully saturated rings. The monoisotopic (exact) mass is 275 g/mol. The van der Waals surface area contributed by atoms with E-state index in [1.165, 1.54) is 5.57 Å². The van der Waals surface area contributed by atoms with Crippen molar-refractivity contribution in [3.8, 4) is 0 Å². The Kier molecular flexibility index (Phi) is 6.37. The van der Waals surface area contributed by atoms with Crippen molar-refractivity contribution in [1.82, 2.24) is 15.2 Å². The molecule has 0 amide bonds. The van der Waals surface area contributed by atoms with Crippen molar-refractivity contribution >= 4 is 0 Å². The summed E-state index contributed by atoms with van der Waals surface area (Å²) < 4.78 is 0. The molecule has 1 N–H and O–H groups in total. The Balaban J connectivity index is 2.65. The quantitative estimate of drug-likeness (QED) is 0.773. The van der Waals surface area contributed by atoms with Gasteiger partial charge in [0.05, 0.1) is 11.4 Å². The summed E-state index contributed by atoms with van der Waals surface area (Å²) in [5.74, 6) is 0. The van der Waals surface area contributed by atoms with Crippen molar-refractivity contribution < 1.29 is 0 Å². The molecule has 0 spiro atoms. The van der Waals surface area contributed by atoms with E-state index < -0.39 is 0 Å². The molecule has 0 aromatic carbocycles. The summed E-state index contributed by atoms with van der Waals surface area (Å²) in [5, 5.41) is 3.47. The van der Waals surface area contributed by atoms with E-state index in [9.17, 15) is 0 Å². The third-order valence-electron chi connectivity index (χ3n) is 2.99. The van der Waals surface area contributed by atoms with Gasteiger partial charge >= 0.3 is 0 Å². The molecule has 0 atom stereocenters. The van der Waals surface area contributed by atoms with Gasteiger partial charge in [-0.1, -0.05) is 25.1 Å². The maximum Gasteiger partial charge on any atom is 0.0547 e. The van der Waals surface area contributed by atoms with Crippen molar-refractivity contribution in [2.75, 3.05) is 13.1 Å². The maximum atomic E-state index is 4.74. The highest BCUT2D eigenvalue weighted by Crippen LogP contribution is 2.07. The average Bonchev–Trinajstić information content (AvgIpc) is 2.35. The highest BCUT2D eigenvalue weighted by atomic mass is 15.1. The van der Waals surface area contributed by atoms with Gasteiger partial charge in [0.15, 0.2) is 0 Å². The molecular formula is C17H29N3. The Morgan fingerprint density at radius 2 is 1.95 bits per heavy atom. The number of nitrogens with zero attached hydrogens (tertiary/aromatic N) is 2. The first-order valence-electron chi connectivity index (χ1n) is 7.36. The minimum atomic E-state index is 0.118. The van der Waals surface area contributed by atoms with Crippen LogP contribution >= 0.6 is 0 Å². The van der Waals surface area contributed by atoms with Gasteiger partial charge in [0, 0.05) is 25.2 Å². The molecule has 0 aliphatic rings. The molecule has 0 unspecified atom stereocenters. The minimum Gasteiger partial charge on any atom is -0.306 e. The van der Waals surface area contributed by atoms with E-state index in [0.717, 1.165) is 37.6 Å². The van der Waals surface area contributed by atoms with Crippen molar-refractivity contribution in [1.29, 1.82) is 0 Å². The Morgan fingerprint density at radius 3 is 2.50 bits per heavy atom. The number of nitrogens with one attached hydrogen (secondary N) is 1. The summed E-state index contributed by atoms with van der Waals surface area (Å²) in [6.07, 6.45) is 0. The Bertz CT molecular complexity index is 432. The Labute approximate surface area is 124 Å². The lowest BCUT2D eigenvalue weighted by Crippen LogP contribution is -2.35. The van der Waals surface area contributed by atoms with Crippen LogP contribution < -0.4 is 5.32 Å². The van der Waals surface area contributed by atoms with Gasteiger partial charge in [-0.05, 0) is 46.4 Å². The zero-order chi connectivity index (χ0) is 15.2. The van der Waals surface area contributed by atoms with Crippen LogP contribution in [0, 0.1) is 0 Å². The largest absolute Gasteiger partial charge is 0.306 e. The Morgan fingerprint density at radius 1 is 1.30 bits per heavy atom. The molecular weight excluding hydrogens is 246 g/mol. The fraction of sp³-hybridized carbons (Fsp3) is 0.588. The number of pyridine rings is 1. The standard InChI is InChI=1S/C17H29N3/c1-7-20(12-14(2)3)13-16-10-8-9-15(19-16)11-18-17(4,5)6/h8-10,18H,2,7,11-13H2,1,3-6H3. The molecule has 0 radical (unpaired) electrons. The SMILES string of the molecule is C=C(C)CN(CC)Cc1cccc(CNC(C)(C)C)n1. The summed E-state index contributed by atoms with van der Waals surface area (Å²) in [4.78, 5) is 7.09. The van der Waals surface area contributed by atoms with Crippen molar-refractivity contribution in [2.24, 2.45) is 0 Å². The van der Waals surface area contributed by atoms with Crippen LogP contribution in [0.25, 0.3) is 0 Å². The molecule has 3 heteroatoms. The van der Waals surface area contributed by atoms with Crippen molar-refractivity contribution in [3.63, 3.8) is 0 Å². The van der Waals surface area contributed by atoms with Crippen LogP contribution in [-0.4, -0.2) is 28.5 Å². The second kappa shape index (κ2) is 7.55. The van der Waals surface area contributed by atoms with Gasteiger partial charge in [-0.25, -0.2) is 0 Å². The highest BCUT2D eigenvalue weighted by molar-refractivity contribution is 5.12.